The Bertz CT molecular complexity index is 195. The molecule has 0 N–H and O–H groups in total. The molecule has 0 aromatic carbocycles. The first kappa shape index (κ1) is 22.3. The number of carboxylic acid groups (broad SMARTS) is 1. The summed E-state index contributed by atoms with van der Waals surface area (Å²) < 4.78 is 0. The Morgan fingerprint density at radius 3 is 1.25 bits per heavy atom. The van der Waals surface area contributed by atoms with Crippen molar-refractivity contribution < 1.29 is 9.90 Å². The first-order chi connectivity index (χ1) is 9.27. The van der Waals surface area contributed by atoms with Crippen molar-refractivity contribution in [1.29, 1.82) is 0 Å². The fourth-order valence-corrected chi connectivity index (χ4v) is 2.46. The van der Waals surface area contributed by atoms with E-state index in [1.54, 1.807) is 0 Å². The molecule has 114 valence electrons. The van der Waals surface area contributed by atoms with Gasteiger partial charge in [-0.05, 0) is 12.8 Å². The average molecular weight is 296 g/mol. The summed E-state index contributed by atoms with van der Waals surface area (Å²) in [5.41, 5.74) is 0. The maximum Gasteiger partial charge on any atom is 3.00 e. The molecule has 0 aliphatic carbocycles. The number of carboxylic acids is 1. The summed E-state index contributed by atoms with van der Waals surface area (Å²) in [4.78, 5) is 10.2. The first-order valence-corrected chi connectivity index (χ1v) is 8.47. The van der Waals surface area contributed by atoms with E-state index in [1.807, 2.05) is 0 Å². The first-order valence-electron chi connectivity index (χ1n) is 8.47. The van der Waals surface area contributed by atoms with Crippen molar-refractivity contribution in [3.63, 3.8) is 0 Å². The minimum atomic E-state index is -0.904. The Morgan fingerprint density at radius 1 is 0.650 bits per heavy atom. The minimum Gasteiger partial charge on any atom is -0.550 e. The summed E-state index contributed by atoms with van der Waals surface area (Å²) in [6.45, 7) is 2.26. The van der Waals surface area contributed by atoms with Crippen LogP contribution in [0.2, 0.25) is 0 Å². The van der Waals surface area contributed by atoms with Crippen molar-refractivity contribution in [2.75, 3.05) is 0 Å². The summed E-state index contributed by atoms with van der Waals surface area (Å²) in [7, 11) is 0. The van der Waals surface area contributed by atoms with E-state index in [4.69, 9.17) is 0 Å². The molecule has 0 fully saturated rings. The predicted molar refractivity (Wildman–Crippen MR) is 85.7 cm³/mol. The fraction of sp³-hybridized carbons (Fsp3) is 0.941. The predicted octanol–water partition coefficient (Wildman–Crippen LogP) is 4.23. The number of unbranched alkanes of at least 4 members (excludes halogenated alkanes) is 13. The Morgan fingerprint density at radius 2 is 0.950 bits per heavy atom. The van der Waals surface area contributed by atoms with Gasteiger partial charge in [0.1, 0.15) is 0 Å². The molecule has 0 rings (SSSR count). The normalized spacial score (nSPS) is 10.2. The number of carbonyl (C=O) groups excluding carboxylic acids is 1. The molecule has 0 saturated heterocycles. The SMILES string of the molecule is CCCCCCCCCCCCCCCCC(=O)[O-].[Al+3]. The Kier molecular flexibility index (Phi) is 21.2. The van der Waals surface area contributed by atoms with E-state index in [-0.39, 0.29) is 23.8 Å². The molecular weight excluding hydrogens is 263 g/mol. The maximum atomic E-state index is 10.2. The third-order valence-electron chi connectivity index (χ3n) is 3.73. The average Bonchev–Trinajstić information content (AvgIpc) is 2.39. The molecule has 0 aromatic rings. The number of hydrogen-bond acceptors (Lipinski definition) is 2. The fourth-order valence-electron chi connectivity index (χ4n) is 2.46. The summed E-state index contributed by atoms with van der Waals surface area (Å²) >= 11 is 0. The summed E-state index contributed by atoms with van der Waals surface area (Å²) in [6.07, 6.45) is 18.4. The van der Waals surface area contributed by atoms with Gasteiger partial charge in [0.2, 0.25) is 0 Å². The standard InChI is InChI=1S/C17H34O2.Al/c1-2-3-4-5-6-7-8-9-10-11-12-13-14-15-16-17(18)19;/h2-16H2,1H3,(H,18,19);/q;+3/p-1. The zero-order chi connectivity index (χ0) is 14.2. The van der Waals surface area contributed by atoms with Crippen molar-refractivity contribution in [3.8, 4) is 0 Å². The van der Waals surface area contributed by atoms with Gasteiger partial charge in [-0.3, -0.25) is 0 Å². The Labute approximate surface area is 136 Å². The van der Waals surface area contributed by atoms with Gasteiger partial charge in [0.05, 0.1) is 0 Å². The third-order valence-corrected chi connectivity index (χ3v) is 3.73. The second kappa shape index (κ2) is 19.0. The Balaban J connectivity index is 0. The number of rotatable bonds is 15. The molecule has 0 heterocycles. The Hall–Kier alpha value is 0.00247. The second-order valence-electron chi connectivity index (χ2n) is 5.72. The number of hydrogen-bond donors (Lipinski definition) is 0. The van der Waals surface area contributed by atoms with Gasteiger partial charge in [0.25, 0.3) is 0 Å². The van der Waals surface area contributed by atoms with Crippen molar-refractivity contribution in [3.05, 3.63) is 0 Å². The molecule has 0 aliphatic heterocycles. The minimum absolute atomic E-state index is 0. The van der Waals surface area contributed by atoms with Crippen molar-refractivity contribution in [2.45, 2.75) is 103 Å². The van der Waals surface area contributed by atoms with Crippen LogP contribution in [0.4, 0.5) is 0 Å². The van der Waals surface area contributed by atoms with E-state index >= 15 is 0 Å². The molecule has 2 nitrogen and oxygen atoms in total. The van der Waals surface area contributed by atoms with Crippen LogP contribution in [-0.2, 0) is 4.79 Å². The zero-order valence-corrected chi connectivity index (χ0v) is 14.7. The van der Waals surface area contributed by atoms with Crippen molar-refractivity contribution in [1.82, 2.24) is 0 Å². The van der Waals surface area contributed by atoms with Crippen LogP contribution in [-0.4, -0.2) is 23.3 Å². The van der Waals surface area contributed by atoms with E-state index in [2.05, 4.69) is 6.92 Å². The van der Waals surface area contributed by atoms with Crippen LogP contribution in [0.15, 0.2) is 0 Å². The summed E-state index contributed by atoms with van der Waals surface area (Å²) in [5.74, 6) is -0.904. The van der Waals surface area contributed by atoms with E-state index in [0.29, 0.717) is 0 Å². The molecular formula is C17H33AlO2+2. The molecule has 0 radical (unpaired) electrons. The van der Waals surface area contributed by atoms with E-state index in [9.17, 15) is 9.90 Å². The molecule has 0 atom stereocenters. The van der Waals surface area contributed by atoms with Gasteiger partial charge in [-0.2, -0.15) is 0 Å². The van der Waals surface area contributed by atoms with Crippen molar-refractivity contribution in [2.24, 2.45) is 0 Å². The van der Waals surface area contributed by atoms with Gasteiger partial charge in [-0.25, -0.2) is 0 Å². The van der Waals surface area contributed by atoms with Gasteiger partial charge in [0, 0.05) is 5.97 Å². The molecule has 0 saturated carbocycles. The van der Waals surface area contributed by atoms with Gasteiger partial charge >= 0.3 is 17.4 Å². The van der Waals surface area contributed by atoms with Crippen LogP contribution in [0.5, 0.6) is 0 Å². The molecule has 0 spiro atoms. The quantitative estimate of drug-likeness (QED) is 0.335. The number of aliphatic carboxylic acids is 1. The van der Waals surface area contributed by atoms with E-state index in [1.165, 1.54) is 77.0 Å². The molecule has 0 aromatic heterocycles. The van der Waals surface area contributed by atoms with Gasteiger partial charge in [-0.1, -0.05) is 90.4 Å². The van der Waals surface area contributed by atoms with Crippen LogP contribution in [0.25, 0.3) is 0 Å². The topological polar surface area (TPSA) is 40.1 Å². The van der Waals surface area contributed by atoms with Gasteiger partial charge < -0.3 is 9.90 Å². The van der Waals surface area contributed by atoms with Crippen LogP contribution >= 0.6 is 0 Å². The van der Waals surface area contributed by atoms with E-state index in [0.717, 1.165) is 12.8 Å². The maximum absolute atomic E-state index is 10.2. The van der Waals surface area contributed by atoms with Crippen LogP contribution < -0.4 is 5.11 Å². The van der Waals surface area contributed by atoms with Crippen molar-refractivity contribution >= 4 is 23.3 Å². The molecule has 0 bridgehead atoms. The molecule has 3 heteroatoms. The second-order valence-corrected chi connectivity index (χ2v) is 5.72. The molecule has 0 amide bonds. The monoisotopic (exact) mass is 296 g/mol. The summed E-state index contributed by atoms with van der Waals surface area (Å²) in [6, 6.07) is 0. The van der Waals surface area contributed by atoms with Gasteiger partial charge in [0.15, 0.2) is 0 Å². The molecule has 0 aliphatic rings. The molecule has 20 heavy (non-hydrogen) atoms. The van der Waals surface area contributed by atoms with Gasteiger partial charge in [-0.15, -0.1) is 0 Å². The number of carbonyl (C=O) groups is 1. The smallest absolute Gasteiger partial charge is 0.550 e. The molecule has 0 unspecified atom stereocenters. The van der Waals surface area contributed by atoms with Crippen LogP contribution in [0, 0.1) is 0 Å². The van der Waals surface area contributed by atoms with Crippen LogP contribution in [0.1, 0.15) is 103 Å². The summed E-state index contributed by atoms with van der Waals surface area (Å²) in [5, 5.41) is 10.2. The largest absolute Gasteiger partial charge is 3.00 e. The van der Waals surface area contributed by atoms with Crippen LogP contribution in [0.3, 0.4) is 0 Å². The third kappa shape index (κ3) is 20.3. The van der Waals surface area contributed by atoms with E-state index < -0.39 is 5.97 Å². The zero-order valence-electron chi connectivity index (χ0n) is 13.5.